The first-order valence-electron chi connectivity index (χ1n) is 7.47. The van der Waals surface area contributed by atoms with Crippen LogP contribution in [0.1, 0.15) is 38.5 Å². The Bertz CT molecular complexity index is 426. The molecule has 1 N–H and O–H groups in total. The second kappa shape index (κ2) is 5.91. The summed E-state index contributed by atoms with van der Waals surface area (Å²) in [5, 5.41) is 4.31. The van der Waals surface area contributed by atoms with E-state index >= 15 is 0 Å². The molecule has 1 saturated carbocycles. The number of hydrogen-bond acceptors (Lipinski definition) is 1. The zero-order valence-electron chi connectivity index (χ0n) is 11.3. The normalized spacial score (nSPS) is 23.8. The molecule has 0 aromatic heterocycles. The number of nitrogens with one attached hydrogen (secondary N) is 1. The molecule has 0 amide bonds. The number of nitrogens with zero attached hydrogens (tertiary/aromatic N) is 1. The molecule has 102 valence electrons. The Morgan fingerprint density at radius 2 is 1.79 bits per heavy atom. The lowest BCUT2D eigenvalue weighted by Crippen LogP contribution is -2.41. The maximum atomic E-state index is 5.62. The summed E-state index contributed by atoms with van der Waals surface area (Å²) in [6.45, 7) is 1.12. The van der Waals surface area contributed by atoms with Gasteiger partial charge in [0.1, 0.15) is 0 Å². The first-order valence-corrected chi connectivity index (χ1v) is 7.88. The van der Waals surface area contributed by atoms with Gasteiger partial charge in [-0.25, -0.2) is 0 Å². The van der Waals surface area contributed by atoms with Crippen LogP contribution in [0.15, 0.2) is 30.3 Å². The van der Waals surface area contributed by atoms with E-state index in [0.29, 0.717) is 6.04 Å². The van der Waals surface area contributed by atoms with Gasteiger partial charge in [-0.2, -0.15) is 0 Å². The molecule has 0 bridgehead atoms. The van der Waals surface area contributed by atoms with Gasteiger partial charge in [0.25, 0.3) is 0 Å². The molecule has 1 unspecified atom stereocenters. The van der Waals surface area contributed by atoms with Crippen molar-refractivity contribution >= 4 is 23.0 Å². The molecule has 1 aromatic rings. The van der Waals surface area contributed by atoms with Gasteiger partial charge in [-0.15, -0.1) is 0 Å². The van der Waals surface area contributed by atoms with Crippen molar-refractivity contribution in [3.63, 3.8) is 0 Å². The fraction of sp³-hybridized carbons (Fsp3) is 0.562. The molecule has 2 nitrogen and oxygen atoms in total. The summed E-state index contributed by atoms with van der Waals surface area (Å²) >= 11 is 5.62. The third-order valence-electron chi connectivity index (χ3n) is 4.53. The summed E-state index contributed by atoms with van der Waals surface area (Å²) in [4.78, 5) is 2.44. The van der Waals surface area contributed by atoms with Gasteiger partial charge in [0.15, 0.2) is 5.11 Å². The molecule has 1 aromatic carbocycles. The fourth-order valence-electron chi connectivity index (χ4n) is 3.59. The van der Waals surface area contributed by atoms with Gasteiger partial charge in [-0.1, -0.05) is 31.0 Å². The van der Waals surface area contributed by atoms with Crippen molar-refractivity contribution in [1.29, 1.82) is 0 Å². The summed E-state index contributed by atoms with van der Waals surface area (Å²) < 4.78 is 0. The first-order chi connectivity index (χ1) is 9.34. The van der Waals surface area contributed by atoms with Gasteiger partial charge in [-0.05, 0) is 56.0 Å². The van der Waals surface area contributed by atoms with Crippen LogP contribution >= 0.6 is 12.2 Å². The third kappa shape index (κ3) is 2.92. The van der Waals surface area contributed by atoms with Crippen LogP contribution in [-0.4, -0.2) is 22.6 Å². The molecular formula is C16H22N2S. The molecule has 1 aliphatic carbocycles. The van der Waals surface area contributed by atoms with Crippen molar-refractivity contribution in [1.82, 2.24) is 4.90 Å². The first kappa shape index (κ1) is 12.9. The molecule has 2 aliphatic rings. The summed E-state index contributed by atoms with van der Waals surface area (Å²) in [6, 6.07) is 11.0. The van der Waals surface area contributed by atoms with Crippen LogP contribution in [0.5, 0.6) is 0 Å². The number of anilines is 1. The number of hydrogen-bond donors (Lipinski definition) is 1. The minimum Gasteiger partial charge on any atom is -0.346 e. The second-order valence-electron chi connectivity index (χ2n) is 5.74. The van der Waals surface area contributed by atoms with Gasteiger partial charge in [0.05, 0.1) is 0 Å². The zero-order valence-corrected chi connectivity index (χ0v) is 12.2. The summed E-state index contributed by atoms with van der Waals surface area (Å²) in [5.41, 5.74) is 1.10. The van der Waals surface area contributed by atoms with Crippen molar-refractivity contribution in [2.45, 2.75) is 44.6 Å². The van der Waals surface area contributed by atoms with Gasteiger partial charge in [0.2, 0.25) is 0 Å². The minimum absolute atomic E-state index is 0.686. The zero-order chi connectivity index (χ0) is 13.1. The van der Waals surface area contributed by atoms with Gasteiger partial charge >= 0.3 is 0 Å². The Kier molecular flexibility index (Phi) is 4.02. The van der Waals surface area contributed by atoms with Crippen LogP contribution in [0, 0.1) is 5.92 Å². The highest BCUT2D eigenvalue weighted by atomic mass is 32.1. The minimum atomic E-state index is 0.686. The molecule has 1 aliphatic heterocycles. The monoisotopic (exact) mass is 274 g/mol. The average molecular weight is 274 g/mol. The summed E-state index contributed by atoms with van der Waals surface area (Å²) in [6.07, 6.45) is 8.23. The molecular weight excluding hydrogens is 252 g/mol. The van der Waals surface area contributed by atoms with Crippen molar-refractivity contribution in [3.05, 3.63) is 30.3 Å². The van der Waals surface area contributed by atoms with E-state index in [2.05, 4.69) is 22.3 Å². The van der Waals surface area contributed by atoms with Crippen LogP contribution in [0.2, 0.25) is 0 Å². The smallest absolute Gasteiger partial charge is 0.173 e. The van der Waals surface area contributed by atoms with Crippen LogP contribution in [0.25, 0.3) is 0 Å². The molecule has 3 heteroatoms. The van der Waals surface area contributed by atoms with E-state index < -0.39 is 0 Å². The fourth-order valence-corrected chi connectivity index (χ4v) is 3.94. The van der Waals surface area contributed by atoms with Gasteiger partial charge < -0.3 is 10.2 Å². The Balaban J connectivity index is 1.65. The van der Waals surface area contributed by atoms with Crippen LogP contribution in [0.4, 0.5) is 5.69 Å². The Labute approximate surface area is 121 Å². The van der Waals surface area contributed by atoms with E-state index in [0.717, 1.165) is 23.3 Å². The van der Waals surface area contributed by atoms with Crippen molar-refractivity contribution in [3.8, 4) is 0 Å². The Morgan fingerprint density at radius 1 is 1.05 bits per heavy atom. The predicted molar refractivity (Wildman–Crippen MR) is 84.3 cm³/mol. The molecule has 19 heavy (non-hydrogen) atoms. The molecule has 2 fully saturated rings. The molecule has 1 heterocycles. The Morgan fingerprint density at radius 3 is 2.53 bits per heavy atom. The van der Waals surface area contributed by atoms with E-state index in [1.807, 2.05) is 18.2 Å². The van der Waals surface area contributed by atoms with Gasteiger partial charge in [-0.3, -0.25) is 0 Å². The molecule has 1 atom stereocenters. The highest BCUT2D eigenvalue weighted by Gasteiger charge is 2.34. The van der Waals surface area contributed by atoms with Crippen LogP contribution in [-0.2, 0) is 0 Å². The summed E-state index contributed by atoms with van der Waals surface area (Å²) in [7, 11) is 0. The maximum Gasteiger partial charge on any atom is 0.173 e. The average Bonchev–Trinajstić information content (AvgIpc) is 3.10. The van der Waals surface area contributed by atoms with E-state index in [-0.39, 0.29) is 0 Å². The topological polar surface area (TPSA) is 15.3 Å². The Hall–Kier alpha value is -1.09. The highest BCUT2D eigenvalue weighted by molar-refractivity contribution is 7.80. The van der Waals surface area contributed by atoms with Crippen LogP contribution in [0.3, 0.4) is 0 Å². The lowest BCUT2D eigenvalue weighted by atomic mass is 9.96. The number of likely N-dealkylation sites (tertiary alicyclic amines) is 1. The number of para-hydroxylation sites is 1. The SMILES string of the molecule is S=C(Nc1ccccc1)N1CCCC1C1CCCC1. The lowest BCUT2D eigenvalue weighted by molar-refractivity contribution is 0.284. The maximum absolute atomic E-state index is 5.62. The van der Waals surface area contributed by atoms with E-state index in [1.165, 1.54) is 38.5 Å². The van der Waals surface area contributed by atoms with E-state index in [9.17, 15) is 0 Å². The van der Waals surface area contributed by atoms with E-state index in [4.69, 9.17) is 12.2 Å². The molecule has 0 radical (unpaired) electrons. The largest absolute Gasteiger partial charge is 0.346 e. The molecule has 0 spiro atoms. The number of thiocarbonyl (C=S) groups is 1. The van der Waals surface area contributed by atoms with Crippen LogP contribution < -0.4 is 5.32 Å². The highest BCUT2D eigenvalue weighted by Crippen LogP contribution is 2.35. The number of benzene rings is 1. The predicted octanol–water partition coefficient (Wildman–Crippen LogP) is 4.04. The van der Waals surface area contributed by atoms with Crippen molar-refractivity contribution in [2.24, 2.45) is 5.92 Å². The van der Waals surface area contributed by atoms with E-state index in [1.54, 1.807) is 0 Å². The number of rotatable bonds is 2. The molecule has 3 rings (SSSR count). The molecule has 1 saturated heterocycles. The van der Waals surface area contributed by atoms with Crippen molar-refractivity contribution < 1.29 is 0 Å². The van der Waals surface area contributed by atoms with Gasteiger partial charge in [0, 0.05) is 18.3 Å². The quantitative estimate of drug-likeness (QED) is 0.819. The third-order valence-corrected chi connectivity index (χ3v) is 4.87. The lowest BCUT2D eigenvalue weighted by Gasteiger charge is -2.31. The second-order valence-corrected chi connectivity index (χ2v) is 6.13. The summed E-state index contributed by atoms with van der Waals surface area (Å²) in [5.74, 6) is 0.873. The van der Waals surface area contributed by atoms with Crippen molar-refractivity contribution in [2.75, 3.05) is 11.9 Å². The standard InChI is InChI=1S/C16H22N2S/c19-16(17-14-9-2-1-3-10-14)18-12-6-11-15(18)13-7-4-5-8-13/h1-3,9-10,13,15H,4-8,11-12H2,(H,17,19).